The molecule has 0 atom stereocenters. The maximum absolute atomic E-state index is 11.6. The summed E-state index contributed by atoms with van der Waals surface area (Å²) < 4.78 is 24.9. The largest absolute Gasteiger partial charge is 0.399 e. The molecule has 3 rings (SSSR count). The van der Waals surface area contributed by atoms with Crippen LogP contribution in [0.5, 0.6) is 0 Å². The highest BCUT2D eigenvalue weighted by molar-refractivity contribution is 8.00. The third-order valence-electron chi connectivity index (χ3n) is 2.83. The first kappa shape index (κ1) is 13.3. The minimum atomic E-state index is -3.86. The number of nitrogen functional groups attached to an aromatic ring is 1. The van der Waals surface area contributed by atoms with Gasteiger partial charge in [-0.1, -0.05) is 0 Å². The fourth-order valence-electron chi connectivity index (χ4n) is 1.73. The Hall–Kier alpha value is -1.65. The molecule has 20 heavy (non-hydrogen) atoms. The van der Waals surface area contributed by atoms with Crippen molar-refractivity contribution in [1.29, 1.82) is 0 Å². The first-order valence-electron chi connectivity index (χ1n) is 5.83. The molecule has 0 aliphatic heterocycles. The zero-order valence-corrected chi connectivity index (χ0v) is 11.9. The van der Waals surface area contributed by atoms with Gasteiger partial charge in [0.25, 0.3) is 0 Å². The van der Waals surface area contributed by atoms with Crippen LogP contribution in [-0.2, 0) is 10.0 Å². The summed E-state index contributed by atoms with van der Waals surface area (Å²) in [5.41, 5.74) is 5.94. The normalized spacial score (nSPS) is 15.4. The summed E-state index contributed by atoms with van der Waals surface area (Å²) in [6.07, 6.45) is 2.06. The van der Waals surface area contributed by atoms with E-state index in [1.54, 1.807) is 16.8 Å². The second-order valence-electron chi connectivity index (χ2n) is 4.49. The fourth-order valence-corrected chi connectivity index (χ4v) is 3.70. The van der Waals surface area contributed by atoms with E-state index in [0.29, 0.717) is 21.8 Å². The summed E-state index contributed by atoms with van der Waals surface area (Å²) in [6.45, 7) is 0. The van der Waals surface area contributed by atoms with Gasteiger partial charge in [0.1, 0.15) is 0 Å². The van der Waals surface area contributed by atoms with Crippen molar-refractivity contribution in [3.8, 4) is 0 Å². The maximum Gasteiger partial charge on any atom is 0.239 e. The van der Waals surface area contributed by atoms with E-state index in [1.165, 1.54) is 6.07 Å². The molecule has 2 aromatic rings. The van der Waals surface area contributed by atoms with Crippen LogP contribution in [0.25, 0.3) is 0 Å². The monoisotopic (exact) mass is 312 g/mol. The lowest BCUT2D eigenvalue weighted by Crippen LogP contribution is -2.13. The fraction of sp³-hybridized carbons (Fsp3) is 0.300. The number of hydrogen-bond donors (Lipinski definition) is 2. The number of aromatic nitrogens is 4. The Labute approximate surface area is 119 Å². The lowest BCUT2D eigenvalue weighted by atomic mass is 10.3. The summed E-state index contributed by atoms with van der Waals surface area (Å²) in [7, 11) is -3.86. The van der Waals surface area contributed by atoms with Crippen molar-refractivity contribution >= 4 is 27.5 Å². The second-order valence-corrected chi connectivity index (χ2v) is 7.03. The molecule has 1 saturated carbocycles. The van der Waals surface area contributed by atoms with E-state index in [0.717, 1.165) is 24.6 Å². The molecular formula is C10H12N6O2S2. The summed E-state index contributed by atoms with van der Waals surface area (Å²) in [6, 6.07) is 4.86. The van der Waals surface area contributed by atoms with Crippen molar-refractivity contribution in [3.63, 3.8) is 0 Å². The van der Waals surface area contributed by atoms with Crippen LogP contribution < -0.4 is 10.9 Å². The van der Waals surface area contributed by atoms with Gasteiger partial charge in [-0.3, -0.25) is 0 Å². The molecule has 106 valence electrons. The number of anilines is 1. The molecule has 10 heteroatoms. The highest BCUT2D eigenvalue weighted by Gasteiger charge is 2.28. The number of primary sulfonamides is 1. The van der Waals surface area contributed by atoms with Crippen molar-refractivity contribution in [1.82, 2.24) is 20.2 Å². The SMILES string of the molecule is Nc1ccc(Sc2nnnn2C2CC2)c(S(N)(=O)=O)c1. The molecule has 0 bridgehead atoms. The van der Waals surface area contributed by atoms with Crippen LogP contribution in [0, 0.1) is 0 Å². The standard InChI is InChI=1S/C10H12N6O2S2/c11-6-1-4-8(9(5-6)20(12,17)18)19-10-13-14-15-16(10)7-2-3-7/h1,4-5,7H,2-3,11H2,(H2,12,17,18). The van der Waals surface area contributed by atoms with Crippen LogP contribution in [0.1, 0.15) is 18.9 Å². The highest BCUT2D eigenvalue weighted by Crippen LogP contribution is 2.39. The molecule has 1 heterocycles. The average Bonchev–Trinajstić information content (AvgIpc) is 3.11. The number of sulfonamides is 1. The van der Waals surface area contributed by atoms with E-state index in [-0.39, 0.29) is 4.90 Å². The lowest BCUT2D eigenvalue weighted by Gasteiger charge is -2.08. The number of nitrogens with zero attached hydrogens (tertiary/aromatic N) is 4. The van der Waals surface area contributed by atoms with E-state index in [1.807, 2.05) is 0 Å². The van der Waals surface area contributed by atoms with Gasteiger partial charge >= 0.3 is 0 Å². The van der Waals surface area contributed by atoms with Crippen molar-refractivity contribution in [2.75, 3.05) is 5.73 Å². The Morgan fingerprint density at radius 3 is 2.75 bits per heavy atom. The van der Waals surface area contributed by atoms with E-state index < -0.39 is 10.0 Å². The van der Waals surface area contributed by atoms with Crippen LogP contribution in [-0.4, -0.2) is 28.6 Å². The molecular weight excluding hydrogens is 300 g/mol. The molecule has 1 aromatic heterocycles. The first-order chi connectivity index (χ1) is 9.45. The Kier molecular flexibility index (Phi) is 3.15. The summed E-state index contributed by atoms with van der Waals surface area (Å²) >= 11 is 1.16. The molecule has 1 aliphatic rings. The quantitative estimate of drug-likeness (QED) is 0.781. The van der Waals surface area contributed by atoms with Crippen LogP contribution in [0.15, 0.2) is 33.1 Å². The minimum Gasteiger partial charge on any atom is -0.399 e. The van der Waals surface area contributed by atoms with Crippen molar-refractivity contribution in [2.45, 2.75) is 33.8 Å². The number of hydrogen-bond acceptors (Lipinski definition) is 7. The van der Waals surface area contributed by atoms with Crippen LogP contribution in [0.3, 0.4) is 0 Å². The van der Waals surface area contributed by atoms with Crippen molar-refractivity contribution in [3.05, 3.63) is 18.2 Å². The molecule has 0 amide bonds. The van der Waals surface area contributed by atoms with Crippen LogP contribution >= 0.6 is 11.8 Å². The molecule has 0 spiro atoms. The summed E-state index contributed by atoms with van der Waals surface area (Å²) in [5, 5.41) is 17.2. The molecule has 1 fully saturated rings. The Morgan fingerprint density at radius 1 is 1.35 bits per heavy atom. The van der Waals surface area contributed by atoms with Gasteiger partial charge in [0.2, 0.25) is 15.2 Å². The van der Waals surface area contributed by atoms with Gasteiger partial charge in [-0.25, -0.2) is 18.2 Å². The number of rotatable bonds is 4. The van der Waals surface area contributed by atoms with Gasteiger partial charge in [0.05, 0.1) is 10.9 Å². The molecule has 1 aromatic carbocycles. The average molecular weight is 312 g/mol. The Balaban J connectivity index is 2.00. The molecule has 1 aliphatic carbocycles. The Bertz CT molecular complexity index is 753. The van der Waals surface area contributed by atoms with Gasteiger partial charge in [-0.05, 0) is 53.2 Å². The summed E-state index contributed by atoms with van der Waals surface area (Å²) in [5.74, 6) is 0. The van der Waals surface area contributed by atoms with E-state index in [4.69, 9.17) is 10.9 Å². The van der Waals surface area contributed by atoms with Gasteiger partial charge in [-0.2, -0.15) is 0 Å². The molecule has 0 saturated heterocycles. The number of nitrogens with two attached hydrogens (primary N) is 2. The smallest absolute Gasteiger partial charge is 0.239 e. The molecule has 4 N–H and O–H groups in total. The predicted molar refractivity (Wildman–Crippen MR) is 72.4 cm³/mol. The van der Waals surface area contributed by atoms with E-state index in [9.17, 15) is 8.42 Å². The first-order valence-corrected chi connectivity index (χ1v) is 8.19. The zero-order chi connectivity index (χ0) is 14.3. The second kappa shape index (κ2) is 4.72. The minimum absolute atomic E-state index is 0.0205. The van der Waals surface area contributed by atoms with E-state index >= 15 is 0 Å². The molecule has 8 nitrogen and oxygen atoms in total. The van der Waals surface area contributed by atoms with Crippen molar-refractivity contribution in [2.24, 2.45) is 5.14 Å². The summed E-state index contributed by atoms with van der Waals surface area (Å²) in [4.78, 5) is 0.436. The van der Waals surface area contributed by atoms with Gasteiger partial charge in [0, 0.05) is 10.6 Å². The van der Waals surface area contributed by atoms with Gasteiger partial charge in [0.15, 0.2) is 0 Å². The molecule has 0 radical (unpaired) electrons. The van der Waals surface area contributed by atoms with Gasteiger partial charge in [-0.15, -0.1) is 5.10 Å². The molecule has 0 unspecified atom stereocenters. The predicted octanol–water partition coefficient (Wildman–Crippen LogP) is 0.389. The van der Waals surface area contributed by atoms with E-state index in [2.05, 4.69) is 15.5 Å². The topological polar surface area (TPSA) is 130 Å². The third kappa shape index (κ3) is 2.62. The number of tetrazole rings is 1. The third-order valence-corrected chi connectivity index (χ3v) is 4.94. The maximum atomic E-state index is 11.6. The zero-order valence-electron chi connectivity index (χ0n) is 10.3. The van der Waals surface area contributed by atoms with Gasteiger partial charge < -0.3 is 5.73 Å². The van der Waals surface area contributed by atoms with Crippen LogP contribution in [0.4, 0.5) is 5.69 Å². The highest BCUT2D eigenvalue weighted by atomic mass is 32.2. The van der Waals surface area contributed by atoms with Crippen LogP contribution in [0.2, 0.25) is 0 Å². The number of benzene rings is 1. The lowest BCUT2D eigenvalue weighted by molar-refractivity contribution is 0.565. The van der Waals surface area contributed by atoms with Crippen molar-refractivity contribution < 1.29 is 8.42 Å². The Morgan fingerprint density at radius 2 is 2.10 bits per heavy atom.